The summed E-state index contributed by atoms with van der Waals surface area (Å²) in [6, 6.07) is 2.13. The van der Waals surface area contributed by atoms with Crippen molar-refractivity contribution in [1.82, 2.24) is 10.6 Å². The Morgan fingerprint density at radius 2 is 2.40 bits per heavy atom. The van der Waals surface area contributed by atoms with Gasteiger partial charge in [0.15, 0.2) is 0 Å². The van der Waals surface area contributed by atoms with E-state index in [4.69, 9.17) is 0 Å². The maximum atomic E-state index is 12.2. The highest BCUT2D eigenvalue weighted by atomic mass is 32.1. The quantitative estimate of drug-likeness (QED) is 0.895. The first kappa shape index (κ1) is 14.1. The van der Waals surface area contributed by atoms with Crippen LogP contribution in [0.5, 0.6) is 0 Å². The van der Waals surface area contributed by atoms with Gasteiger partial charge in [-0.15, -0.1) is 11.3 Å². The zero-order chi connectivity index (χ0) is 13.9. The molecule has 1 aromatic rings. The molecule has 1 fully saturated rings. The number of thiophene rings is 1. The van der Waals surface area contributed by atoms with Gasteiger partial charge in [-0.25, -0.2) is 0 Å². The van der Waals surface area contributed by atoms with Crippen LogP contribution in [0.15, 0.2) is 6.07 Å². The van der Waals surface area contributed by atoms with Gasteiger partial charge in [0.2, 0.25) is 0 Å². The molecule has 110 valence electrons. The molecule has 1 saturated heterocycles. The van der Waals surface area contributed by atoms with E-state index in [0.717, 1.165) is 55.6 Å². The fourth-order valence-electron chi connectivity index (χ4n) is 3.26. The smallest absolute Gasteiger partial charge is 0.261 e. The summed E-state index contributed by atoms with van der Waals surface area (Å²) >= 11 is 1.70. The van der Waals surface area contributed by atoms with Crippen LogP contribution in [-0.4, -0.2) is 25.5 Å². The molecule has 3 nitrogen and oxygen atoms in total. The Balaban J connectivity index is 1.52. The van der Waals surface area contributed by atoms with E-state index in [1.165, 1.54) is 23.3 Å². The number of carbonyl (C=O) groups excluding carboxylic acids is 1. The van der Waals surface area contributed by atoms with Crippen LogP contribution in [0.25, 0.3) is 0 Å². The van der Waals surface area contributed by atoms with E-state index in [-0.39, 0.29) is 5.91 Å². The second-order valence-electron chi connectivity index (χ2n) is 6.31. The summed E-state index contributed by atoms with van der Waals surface area (Å²) < 4.78 is 0. The minimum Gasteiger partial charge on any atom is -0.351 e. The predicted octanol–water partition coefficient (Wildman–Crippen LogP) is 2.60. The molecule has 0 radical (unpaired) electrons. The van der Waals surface area contributed by atoms with Crippen molar-refractivity contribution in [2.45, 2.75) is 39.0 Å². The molecule has 1 aromatic heterocycles. The summed E-state index contributed by atoms with van der Waals surface area (Å²) in [5.41, 5.74) is 1.42. The zero-order valence-corrected chi connectivity index (χ0v) is 13.0. The van der Waals surface area contributed by atoms with E-state index < -0.39 is 0 Å². The van der Waals surface area contributed by atoms with Gasteiger partial charge in [-0.1, -0.05) is 6.92 Å². The Bertz CT molecular complexity index is 477. The topological polar surface area (TPSA) is 41.1 Å². The van der Waals surface area contributed by atoms with Crippen molar-refractivity contribution < 1.29 is 4.79 Å². The summed E-state index contributed by atoms with van der Waals surface area (Å²) in [5.74, 6) is 1.64. The molecule has 20 heavy (non-hydrogen) atoms. The van der Waals surface area contributed by atoms with E-state index in [1.807, 2.05) is 0 Å². The molecule has 0 saturated carbocycles. The lowest BCUT2D eigenvalue weighted by Gasteiger charge is -2.16. The molecule has 4 heteroatoms. The first-order valence-electron chi connectivity index (χ1n) is 7.83. The van der Waals surface area contributed by atoms with Crippen LogP contribution in [0.3, 0.4) is 0 Å². The summed E-state index contributed by atoms with van der Waals surface area (Å²) in [5, 5.41) is 6.46. The average Bonchev–Trinajstić information content (AvgIpc) is 3.06. The highest BCUT2D eigenvalue weighted by Gasteiger charge is 2.21. The van der Waals surface area contributed by atoms with E-state index in [2.05, 4.69) is 23.6 Å². The van der Waals surface area contributed by atoms with E-state index in [1.54, 1.807) is 11.3 Å². The Kier molecular flexibility index (Phi) is 4.41. The highest BCUT2D eigenvalue weighted by molar-refractivity contribution is 7.14. The average molecular weight is 292 g/mol. The van der Waals surface area contributed by atoms with Gasteiger partial charge < -0.3 is 10.6 Å². The molecule has 2 aliphatic rings. The monoisotopic (exact) mass is 292 g/mol. The number of fused-ring (bicyclic) bond motifs is 1. The van der Waals surface area contributed by atoms with Gasteiger partial charge in [0.1, 0.15) is 0 Å². The maximum absolute atomic E-state index is 12.2. The second kappa shape index (κ2) is 6.27. The molecule has 1 aliphatic carbocycles. The number of amides is 1. The van der Waals surface area contributed by atoms with Gasteiger partial charge >= 0.3 is 0 Å². The van der Waals surface area contributed by atoms with Crippen molar-refractivity contribution in [2.24, 2.45) is 11.8 Å². The largest absolute Gasteiger partial charge is 0.351 e. The van der Waals surface area contributed by atoms with Crippen molar-refractivity contribution in [2.75, 3.05) is 19.6 Å². The fraction of sp³-hybridized carbons (Fsp3) is 0.688. The second-order valence-corrected chi connectivity index (χ2v) is 7.45. The maximum Gasteiger partial charge on any atom is 0.261 e. The van der Waals surface area contributed by atoms with Crippen LogP contribution in [0.4, 0.5) is 0 Å². The molecule has 3 rings (SSSR count). The lowest BCUT2D eigenvalue weighted by atomic mass is 9.90. The van der Waals surface area contributed by atoms with Crippen LogP contribution < -0.4 is 10.6 Å². The summed E-state index contributed by atoms with van der Waals surface area (Å²) in [6.07, 6.45) is 5.92. The van der Waals surface area contributed by atoms with Gasteiger partial charge in [0.25, 0.3) is 5.91 Å². The van der Waals surface area contributed by atoms with Crippen molar-refractivity contribution in [3.8, 4) is 0 Å². The molecule has 1 amide bonds. The first-order valence-corrected chi connectivity index (χ1v) is 8.64. The third-order valence-electron chi connectivity index (χ3n) is 4.55. The SMILES string of the molecule is CC1CCc2sc(C(=O)NCCC3CCNC3)cc2C1. The number of rotatable bonds is 4. The molecule has 2 atom stereocenters. The first-order chi connectivity index (χ1) is 9.72. The number of nitrogens with one attached hydrogen (secondary N) is 2. The molecule has 0 spiro atoms. The van der Waals surface area contributed by atoms with Crippen molar-refractivity contribution >= 4 is 17.2 Å². The van der Waals surface area contributed by atoms with Crippen molar-refractivity contribution in [3.63, 3.8) is 0 Å². The van der Waals surface area contributed by atoms with Crippen molar-refractivity contribution in [1.29, 1.82) is 0 Å². The fourth-order valence-corrected chi connectivity index (χ4v) is 4.38. The predicted molar refractivity (Wildman–Crippen MR) is 83.4 cm³/mol. The summed E-state index contributed by atoms with van der Waals surface area (Å²) in [7, 11) is 0. The van der Waals surface area contributed by atoms with Gasteiger partial charge in [0.05, 0.1) is 4.88 Å². The number of hydrogen-bond donors (Lipinski definition) is 2. The van der Waals surface area contributed by atoms with Crippen LogP contribution in [0.2, 0.25) is 0 Å². The summed E-state index contributed by atoms with van der Waals surface area (Å²) in [6.45, 7) is 5.36. The molecular weight excluding hydrogens is 268 g/mol. The van der Waals surface area contributed by atoms with Gasteiger partial charge in [0, 0.05) is 11.4 Å². The van der Waals surface area contributed by atoms with E-state index in [9.17, 15) is 4.79 Å². The molecular formula is C16H24N2OS. The minimum atomic E-state index is 0.128. The Hall–Kier alpha value is -0.870. The van der Waals surface area contributed by atoms with Crippen LogP contribution >= 0.6 is 11.3 Å². The molecule has 0 bridgehead atoms. The van der Waals surface area contributed by atoms with Gasteiger partial charge in [-0.05, 0) is 68.7 Å². The Morgan fingerprint density at radius 1 is 1.50 bits per heavy atom. The Labute approximate surface area is 125 Å². The van der Waals surface area contributed by atoms with Crippen LogP contribution in [-0.2, 0) is 12.8 Å². The van der Waals surface area contributed by atoms with E-state index in [0.29, 0.717) is 0 Å². The van der Waals surface area contributed by atoms with Crippen LogP contribution in [0, 0.1) is 11.8 Å². The van der Waals surface area contributed by atoms with Crippen LogP contribution in [0.1, 0.15) is 46.3 Å². The van der Waals surface area contributed by atoms with Gasteiger partial charge in [-0.3, -0.25) is 4.79 Å². The zero-order valence-electron chi connectivity index (χ0n) is 12.2. The highest BCUT2D eigenvalue weighted by Crippen LogP contribution is 2.32. The molecule has 2 heterocycles. The third-order valence-corrected chi connectivity index (χ3v) is 5.79. The molecule has 2 N–H and O–H groups in total. The minimum absolute atomic E-state index is 0.128. The van der Waals surface area contributed by atoms with Crippen molar-refractivity contribution in [3.05, 3.63) is 21.4 Å². The van der Waals surface area contributed by atoms with Gasteiger partial charge in [-0.2, -0.15) is 0 Å². The number of carbonyl (C=O) groups is 1. The number of hydrogen-bond acceptors (Lipinski definition) is 3. The molecule has 0 aromatic carbocycles. The van der Waals surface area contributed by atoms with E-state index >= 15 is 0 Å². The molecule has 1 aliphatic heterocycles. The lowest BCUT2D eigenvalue weighted by Crippen LogP contribution is -2.25. The molecule has 2 unspecified atom stereocenters. The number of aryl methyl sites for hydroxylation is 1. The third kappa shape index (κ3) is 3.23. The Morgan fingerprint density at radius 3 is 3.20 bits per heavy atom. The normalized spacial score (nSPS) is 25.4. The standard InChI is InChI=1S/C16H24N2OS/c1-11-2-3-14-13(8-11)9-15(20-14)16(19)18-7-5-12-4-6-17-10-12/h9,11-12,17H,2-8,10H2,1H3,(H,18,19). The lowest BCUT2D eigenvalue weighted by molar-refractivity contribution is 0.0955. The summed E-state index contributed by atoms with van der Waals surface area (Å²) in [4.78, 5) is 14.6.